The highest BCUT2D eigenvalue weighted by molar-refractivity contribution is 6.30. The summed E-state index contributed by atoms with van der Waals surface area (Å²) in [6.45, 7) is 3.84. The molecule has 13 heavy (non-hydrogen) atoms. The molecule has 1 aromatic rings. The van der Waals surface area contributed by atoms with Crippen molar-refractivity contribution in [2.75, 3.05) is 0 Å². The van der Waals surface area contributed by atoms with E-state index in [-0.39, 0.29) is 5.02 Å². The fourth-order valence-corrected chi connectivity index (χ4v) is 1.17. The van der Waals surface area contributed by atoms with Crippen LogP contribution in [0.25, 0.3) is 0 Å². The quantitative estimate of drug-likeness (QED) is 0.782. The van der Waals surface area contributed by atoms with Gasteiger partial charge in [0, 0.05) is 5.54 Å². The maximum atomic E-state index is 13.1. The van der Waals surface area contributed by atoms with Crippen LogP contribution in [0, 0.1) is 5.82 Å². The van der Waals surface area contributed by atoms with Crippen molar-refractivity contribution in [3.8, 4) is 0 Å². The van der Waals surface area contributed by atoms with Crippen molar-refractivity contribution in [1.82, 2.24) is 0 Å². The molecule has 0 unspecified atom stereocenters. The minimum atomic E-state index is -0.481. The van der Waals surface area contributed by atoms with Crippen LogP contribution in [0.5, 0.6) is 0 Å². The van der Waals surface area contributed by atoms with Gasteiger partial charge in [-0.3, -0.25) is 0 Å². The lowest BCUT2D eigenvalue weighted by molar-refractivity contribution is 0.472. The molecule has 0 aromatic heterocycles. The first kappa shape index (κ1) is 10.5. The van der Waals surface area contributed by atoms with Gasteiger partial charge in [-0.2, -0.15) is 0 Å². The molecule has 0 heterocycles. The molecular formula is C10H13ClFN. The van der Waals surface area contributed by atoms with Crippen LogP contribution in [0.1, 0.15) is 25.8 Å². The summed E-state index contributed by atoms with van der Waals surface area (Å²) >= 11 is 5.56. The number of halogens is 2. The van der Waals surface area contributed by atoms with Crippen molar-refractivity contribution in [3.05, 3.63) is 34.6 Å². The van der Waals surface area contributed by atoms with Gasteiger partial charge in [0.2, 0.25) is 0 Å². The van der Waals surface area contributed by atoms with Gasteiger partial charge in [-0.15, -0.1) is 0 Å². The topological polar surface area (TPSA) is 26.0 Å². The minimum absolute atomic E-state index is 0.135. The monoisotopic (exact) mass is 201 g/mol. The van der Waals surface area contributed by atoms with E-state index in [1.807, 2.05) is 13.8 Å². The molecule has 0 radical (unpaired) electrons. The Morgan fingerprint density at radius 1 is 1.54 bits per heavy atom. The molecule has 0 fully saturated rings. The van der Waals surface area contributed by atoms with Gasteiger partial charge < -0.3 is 5.73 Å². The highest BCUT2D eigenvalue weighted by Gasteiger charge is 2.19. The standard InChI is InChI=1S/C10H13ClFN/c1-3-10(2,13)7-4-5-8(11)9(12)6-7/h4-6H,3,13H2,1-2H3/t10-/m0/s1. The summed E-state index contributed by atoms with van der Waals surface area (Å²) in [4.78, 5) is 0. The lowest BCUT2D eigenvalue weighted by Gasteiger charge is -2.23. The minimum Gasteiger partial charge on any atom is -0.322 e. The van der Waals surface area contributed by atoms with E-state index >= 15 is 0 Å². The smallest absolute Gasteiger partial charge is 0.142 e. The zero-order chi connectivity index (χ0) is 10.1. The molecule has 0 aliphatic carbocycles. The first-order valence-electron chi connectivity index (χ1n) is 4.22. The van der Waals surface area contributed by atoms with E-state index in [2.05, 4.69) is 0 Å². The molecule has 3 heteroatoms. The van der Waals surface area contributed by atoms with E-state index in [4.69, 9.17) is 17.3 Å². The normalized spacial score (nSPS) is 15.5. The van der Waals surface area contributed by atoms with Gasteiger partial charge in [0.15, 0.2) is 0 Å². The molecule has 0 amide bonds. The predicted octanol–water partition coefficient (Wildman–Crippen LogP) is 3.06. The van der Waals surface area contributed by atoms with Crippen LogP contribution in [0.2, 0.25) is 5.02 Å². The number of benzene rings is 1. The molecule has 0 aliphatic heterocycles. The van der Waals surface area contributed by atoms with Crippen LogP contribution in [-0.4, -0.2) is 0 Å². The number of nitrogens with two attached hydrogens (primary N) is 1. The zero-order valence-corrected chi connectivity index (χ0v) is 8.53. The first-order valence-corrected chi connectivity index (χ1v) is 4.59. The summed E-state index contributed by atoms with van der Waals surface area (Å²) < 4.78 is 13.1. The average Bonchev–Trinajstić information content (AvgIpc) is 2.09. The van der Waals surface area contributed by atoms with Gasteiger partial charge in [-0.1, -0.05) is 24.6 Å². The third kappa shape index (κ3) is 2.20. The zero-order valence-electron chi connectivity index (χ0n) is 7.77. The van der Waals surface area contributed by atoms with Crippen LogP contribution >= 0.6 is 11.6 Å². The van der Waals surface area contributed by atoms with Crippen molar-refractivity contribution in [3.63, 3.8) is 0 Å². The van der Waals surface area contributed by atoms with Crippen LogP contribution in [0.4, 0.5) is 4.39 Å². The highest BCUT2D eigenvalue weighted by atomic mass is 35.5. The Bertz CT molecular complexity index is 310. The van der Waals surface area contributed by atoms with Crippen LogP contribution < -0.4 is 5.73 Å². The molecular weight excluding hydrogens is 189 g/mol. The van der Waals surface area contributed by atoms with E-state index in [0.29, 0.717) is 0 Å². The average molecular weight is 202 g/mol. The Morgan fingerprint density at radius 2 is 2.15 bits per heavy atom. The molecule has 72 valence electrons. The summed E-state index contributed by atoms with van der Waals surface area (Å²) in [5, 5.41) is 0.135. The third-order valence-electron chi connectivity index (χ3n) is 2.31. The molecule has 0 spiro atoms. The summed E-state index contributed by atoms with van der Waals surface area (Å²) in [5.74, 6) is -0.413. The SMILES string of the molecule is CC[C@](C)(N)c1ccc(Cl)c(F)c1. The van der Waals surface area contributed by atoms with Gasteiger partial charge in [0.25, 0.3) is 0 Å². The molecule has 0 aliphatic rings. The summed E-state index contributed by atoms with van der Waals surface area (Å²) in [5.41, 5.74) is 6.24. The molecule has 1 nitrogen and oxygen atoms in total. The van der Waals surface area contributed by atoms with Crippen LogP contribution in [0.3, 0.4) is 0 Å². The fraction of sp³-hybridized carbons (Fsp3) is 0.400. The van der Waals surface area contributed by atoms with Crippen molar-refractivity contribution in [2.24, 2.45) is 5.73 Å². The van der Waals surface area contributed by atoms with Gasteiger partial charge in [0.05, 0.1) is 5.02 Å². The van der Waals surface area contributed by atoms with Gasteiger partial charge in [-0.05, 0) is 31.0 Å². The molecule has 0 saturated heterocycles. The van der Waals surface area contributed by atoms with E-state index in [1.165, 1.54) is 12.1 Å². The summed E-state index contributed by atoms with van der Waals surface area (Å²) in [7, 11) is 0. The lowest BCUT2D eigenvalue weighted by atomic mass is 9.91. The largest absolute Gasteiger partial charge is 0.322 e. The number of hydrogen-bond donors (Lipinski definition) is 1. The van der Waals surface area contributed by atoms with E-state index in [1.54, 1.807) is 6.07 Å². The Kier molecular flexibility index (Phi) is 2.94. The molecule has 0 saturated carbocycles. The summed E-state index contributed by atoms with van der Waals surface area (Å²) in [6.07, 6.45) is 0.758. The van der Waals surface area contributed by atoms with Gasteiger partial charge in [0.1, 0.15) is 5.82 Å². The predicted molar refractivity (Wildman–Crippen MR) is 53.2 cm³/mol. The Labute approximate surface area is 82.7 Å². The molecule has 0 bridgehead atoms. The Morgan fingerprint density at radius 3 is 2.62 bits per heavy atom. The van der Waals surface area contributed by atoms with Crippen molar-refractivity contribution in [2.45, 2.75) is 25.8 Å². The van der Waals surface area contributed by atoms with Crippen molar-refractivity contribution < 1.29 is 4.39 Å². The summed E-state index contributed by atoms with van der Waals surface area (Å²) in [6, 6.07) is 4.69. The first-order chi connectivity index (χ1) is 5.97. The van der Waals surface area contributed by atoms with Crippen molar-refractivity contribution in [1.29, 1.82) is 0 Å². The Hall–Kier alpha value is -0.600. The lowest BCUT2D eigenvalue weighted by Crippen LogP contribution is -2.31. The molecule has 2 N–H and O–H groups in total. The van der Waals surface area contributed by atoms with Crippen LogP contribution in [0.15, 0.2) is 18.2 Å². The maximum absolute atomic E-state index is 13.1. The van der Waals surface area contributed by atoms with Crippen LogP contribution in [-0.2, 0) is 5.54 Å². The van der Waals surface area contributed by atoms with E-state index < -0.39 is 11.4 Å². The number of rotatable bonds is 2. The Balaban J connectivity index is 3.10. The van der Waals surface area contributed by atoms with Gasteiger partial charge in [-0.25, -0.2) is 4.39 Å². The second-order valence-corrected chi connectivity index (χ2v) is 3.81. The maximum Gasteiger partial charge on any atom is 0.142 e. The van der Waals surface area contributed by atoms with E-state index in [0.717, 1.165) is 12.0 Å². The highest BCUT2D eigenvalue weighted by Crippen LogP contribution is 2.24. The fourth-order valence-electron chi connectivity index (χ4n) is 1.06. The van der Waals surface area contributed by atoms with Crippen molar-refractivity contribution >= 4 is 11.6 Å². The second kappa shape index (κ2) is 3.64. The third-order valence-corrected chi connectivity index (χ3v) is 2.62. The van der Waals surface area contributed by atoms with Gasteiger partial charge >= 0.3 is 0 Å². The molecule has 1 aromatic carbocycles. The molecule has 1 atom stereocenters. The number of hydrogen-bond acceptors (Lipinski definition) is 1. The molecule has 1 rings (SSSR count). The second-order valence-electron chi connectivity index (χ2n) is 3.40. The van der Waals surface area contributed by atoms with E-state index in [9.17, 15) is 4.39 Å².